The number of hydrogen-bond donors (Lipinski definition) is 7. The van der Waals surface area contributed by atoms with Gasteiger partial charge in [-0.15, -0.1) is 0 Å². The highest BCUT2D eigenvalue weighted by molar-refractivity contribution is 5.92. The molecule has 11 nitrogen and oxygen atoms in total. The smallest absolute Gasteiger partial charge is 0.326 e. The van der Waals surface area contributed by atoms with Crippen molar-refractivity contribution in [1.82, 2.24) is 16.0 Å². The van der Waals surface area contributed by atoms with Crippen LogP contribution in [0.1, 0.15) is 25.0 Å². The number of benzene rings is 2. The molecular formula is C25H32N4O7. The van der Waals surface area contributed by atoms with Crippen LogP contribution in [0.4, 0.5) is 0 Å². The van der Waals surface area contributed by atoms with E-state index in [0.717, 1.165) is 5.56 Å². The molecule has 0 saturated carbocycles. The number of phenolic OH excluding ortho intramolecular Hbond substituents is 2. The van der Waals surface area contributed by atoms with E-state index in [-0.39, 0.29) is 24.3 Å². The largest absolute Gasteiger partial charge is 0.508 e. The number of hydrogen-bond acceptors (Lipinski definition) is 7. The minimum atomic E-state index is -1.21. The second-order valence-corrected chi connectivity index (χ2v) is 8.75. The highest BCUT2D eigenvalue weighted by atomic mass is 16.4. The van der Waals surface area contributed by atoms with Crippen molar-refractivity contribution in [3.05, 3.63) is 59.7 Å². The third-order valence-electron chi connectivity index (χ3n) is 5.41. The summed E-state index contributed by atoms with van der Waals surface area (Å²) in [5, 5.41) is 35.6. The first-order valence-corrected chi connectivity index (χ1v) is 11.4. The summed E-state index contributed by atoms with van der Waals surface area (Å²) < 4.78 is 0. The zero-order chi connectivity index (χ0) is 26.8. The summed E-state index contributed by atoms with van der Waals surface area (Å²) in [6.45, 7) is 2.83. The van der Waals surface area contributed by atoms with Crippen LogP contribution in [0.15, 0.2) is 48.5 Å². The third kappa shape index (κ3) is 8.91. The van der Waals surface area contributed by atoms with Crippen LogP contribution >= 0.6 is 0 Å². The molecule has 0 fully saturated rings. The number of aromatic hydroxyl groups is 2. The van der Waals surface area contributed by atoms with Gasteiger partial charge in [0.05, 0.1) is 12.6 Å². The molecule has 0 spiro atoms. The van der Waals surface area contributed by atoms with Crippen molar-refractivity contribution >= 4 is 23.7 Å². The number of aliphatic carboxylic acids is 1. The zero-order valence-corrected chi connectivity index (χ0v) is 20.1. The molecule has 0 heterocycles. The van der Waals surface area contributed by atoms with Gasteiger partial charge in [0.2, 0.25) is 17.7 Å². The second kappa shape index (κ2) is 13.1. The molecule has 0 aliphatic heterocycles. The number of rotatable bonds is 12. The van der Waals surface area contributed by atoms with Crippen LogP contribution in [-0.2, 0) is 32.0 Å². The van der Waals surface area contributed by atoms with Gasteiger partial charge in [-0.3, -0.25) is 14.4 Å². The molecule has 2 rings (SSSR count). The van der Waals surface area contributed by atoms with E-state index < -0.39 is 54.3 Å². The minimum absolute atomic E-state index is 0.0244. The summed E-state index contributed by atoms with van der Waals surface area (Å²) >= 11 is 0. The molecule has 0 aliphatic rings. The van der Waals surface area contributed by atoms with E-state index in [1.165, 1.54) is 24.3 Å². The Morgan fingerprint density at radius 1 is 0.806 bits per heavy atom. The SMILES string of the molecule is CC(C)C(NC(=O)C(Cc1ccc(O)cc1)NC(=O)CNC(=O)C(N)Cc1ccc(O)cc1)C(=O)O. The molecular weight excluding hydrogens is 468 g/mol. The summed E-state index contributed by atoms with van der Waals surface area (Å²) in [6.07, 6.45) is 0.210. The molecule has 2 aromatic carbocycles. The monoisotopic (exact) mass is 500 g/mol. The van der Waals surface area contributed by atoms with Crippen LogP contribution in [0.3, 0.4) is 0 Å². The summed E-state index contributed by atoms with van der Waals surface area (Å²) in [6, 6.07) is 8.96. The lowest BCUT2D eigenvalue weighted by Crippen LogP contribution is -2.55. The average molecular weight is 501 g/mol. The molecule has 0 saturated heterocycles. The Labute approximate surface area is 208 Å². The lowest BCUT2D eigenvalue weighted by molar-refractivity contribution is -0.143. The van der Waals surface area contributed by atoms with E-state index in [0.29, 0.717) is 5.56 Å². The molecule has 3 unspecified atom stereocenters. The van der Waals surface area contributed by atoms with Gasteiger partial charge in [0.1, 0.15) is 23.6 Å². The fraction of sp³-hybridized carbons (Fsp3) is 0.360. The van der Waals surface area contributed by atoms with Crippen molar-refractivity contribution in [3.8, 4) is 11.5 Å². The predicted molar refractivity (Wildman–Crippen MR) is 131 cm³/mol. The topological polar surface area (TPSA) is 191 Å². The Hall–Kier alpha value is -4.12. The lowest BCUT2D eigenvalue weighted by Gasteiger charge is -2.23. The highest BCUT2D eigenvalue weighted by Gasteiger charge is 2.29. The first-order valence-electron chi connectivity index (χ1n) is 11.4. The fourth-order valence-corrected chi connectivity index (χ4v) is 3.37. The quantitative estimate of drug-likeness (QED) is 0.212. The number of nitrogens with one attached hydrogen (secondary N) is 3. The average Bonchev–Trinajstić information content (AvgIpc) is 2.82. The maximum atomic E-state index is 12.9. The Morgan fingerprint density at radius 2 is 1.31 bits per heavy atom. The molecule has 0 bridgehead atoms. The molecule has 2 aromatic rings. The number of carbonyl (C=O) groups excluding carboxylic acids is 3. The van der Waals surface area contributed by atoms with Crippen molar-refractivity contribution in [1.29, 1.82) is 0 Å². The van der Waals surface area contributed by atoms with Crippen molar-refractivity contribution in [2.75, 3.05) is 6.54 Å². The molecule has 36 heavy (non-hydrogen) atoms. The normalized spacial score (nSPS) is 13.3. The maximum absolute atomic E-state index is 12.9. The van der Waals surface area contributed by atoms with Gasteiger partial charge in [-0.05, 0) is 47.7 Å². The van der Waals surface area contributed by atoms with Gasteiger partial charge in [-0.2, -0.15) is 0 Å². The number of carboxylic acids is 1. The fourth-order valence-electron chi connectivity index (χ4n) is 3.37. The summed E-state index contributed by atoms with van der Waals surface area (Å²) in [5.41, 5.74) is 7.24. The lowest BCUT2D eigenvalue weighted by atomic mass is 10.0. The van der Waals surface area contributed by atoms with E-state index >= 15 is 0 Å². The number of amides is 3. The molecule has 11 heteroatoms. The Balaban J connectivity index is 2.01. The highest BCUT2D eigenvalue weighted by Crippen LogP contribution is 2.13. The summed E-state index contributed by atoms with van der Waals surface area (Å²) in [4.78, 5) is 49.3. The minimum Gasteiger partial charge on any atom is -0.508 e. The molecule has 8 N–H and O–H groups in total. The van der Waals surface area contributed by atoms with E-state index in [1.807, 2.05) is 0 Å². The summed E-state index contributed by atoms with van der Waals surface area (Å²) in [5.74, 6) is -3.44. The van der Waals surface area contributed by atoms with E-state index in [9.17, 15) is 34.5 Å². The molecule has 194 valence electrons. The maximum Gasteiger partial charge on any atom is 0.326 e. The summed E-state index contributed by atoms with van der Waals surface area (Å²) in [7, 11) is 0. The van der Waals surface area contributed by atoms with Crippen molar-refractivity contribution < 1.29 is 34.5 Å². The van der Waals surface area contributed by atoms with Gasteiger partial charge in [0, 0.05) is 6.42 Å². The zero-order valence-electron chi connectivity index (χ0n) is 20.1. The van der Waals surface area contributed by atoms with Crippen LogP contribution in [0.25, 0.3) is 0 Å². The molecule has 3 amide bonds. The van der Waals surface area contributed by atoms with Crippen molar-refractivity contribution in [3.63, 3.8) is 0 Å². The van der Waals surface area contributed by atoms with Gasteiger partial charge in [0.25, 0.3) is 0 Å². The third-order valence-corrected chi connectivity index (χ3v) is 5.41. The second-order valence-electron chi connectivity index (χ2n) is 8.75. The van der Waals surface area contributed by atoms with Crippen molar-refractivity contribution in [2.45, 2.75) is 44.8 Å². The first kappa shape index (κ1) is 28.1. The van der Waals surface area contributed by atoms with Gasteiger partial charge in [-0.1, -0.05) is 38.1 Å². The van der Waals surface area contributed by atoms with Crippen LogP contribution in [0.5, 0.6) is 11.5 Å². The molecule has 3 atom stereocenters. The van der Waals surface area contributed by atoms with Gasteiger partial charge < -0.3 is 37.0 Å². The van der Waals surface area contributed by atoms with Crippen LogP contribution < -0.4 is 21.7 Å². The number of phenols is 2. The Bertz CT molecular complexity index is 1060. The first-order chi connectivity index (χ1) is 17.0. The van der Waals surface area contributed by atoms with E-state index in [2.05, 4.69) is 16.0 Å². The van der Waals surface area contributed by atoms with Crippen molar-refractivity contribution in [2.24, 2.45) is 11.7 Å². The molecule has 0 radical (unpaired) electrons. The molecule has 0 aromatic heterocycles. The van der Waals surface area contributed by atoms with Crippen LogP contribution in [0.2, 0.25) is 0 Å². The standard InChI is InChI=1S/C25H32N4O7/c1-14(2)22(25(35)36)29-24(34)20(12-16-5-9-18(31)10-6-16)28-21(32)13-27-23(33)19(26)11-15-3-7-17(30)8-4-15/h3-10,14,19-20,22,30-31H,11-13,26H2,1-2H3,(H,27,33)(H,28,32)(H,29,34)(H,35,36). The Kier molecular flexibility index (Phi) is 10.2. The number of carbonyl (C=O) groups is 4. The Morgan fingerprint density at radius 3 is 1.78 bits per heavy atom. The van der Waals surface area contributed by atoms with Crippen LogP contribution in [-0.4, -0.2) is 63.7 Å². The number of carboxylic acid groups (broad SMARTS) is 1. The van der Waals surface area contributed by atoms with Crippen LogP contribution in [0, 0.1) is 5.92 Å². The van der Waals surface area contributed by atoms with Gasteiger partial charge >= 0.3 is 5.97 Å². The predicted octanol–water partition coefficient (Wildman–Crippen LogP) is 0.0367. The molecule has 0 aliphatic carbocycles. The number of nitrogens with two attached hydrogens (primary N) is 1. The van der Waals surface area contributed by atoms with Gasteiger partial charge in [-0.25, -0.2) is 4.79 Å². The van der Waals surface area contributed by atoms with Gasteiger partial charge in [0.15, 0.2) is 0 Å². The van der Waals surface area contributed by atoms with E-state index in [4.69, 9.17) is 5.73 Å². The van der Waals surface area contributed by atoms with E-state index in [1.54, 1.807) is 38.1 Å².